The number of benzene rings is 1. The first-order valence-corrected chi connectivity index (χ1v) is 6.57. The van der Waals surface area contributed by atoms with Gasteiger partial charge in [-0.2, -0.15) is 5.26 Å². The van der Waals surface area contributed by atoms with E-state index in [1.165, 1.54) is 0 Å². The van der Waals surface area contributed by atoms with Crippen LogP contribution in [-0.2, 0) is 0 Å². The topological polar surface area (TPSA) is 48.7 Å². The van der Waals surface area contributed by atoms with Crippen LogP contribution in [0.3, 0.4) is 0 Å². The van der Waals surface area contributed by atoms with Crippen LogP contribution < -0.4 is 5.32 Å². The zero-order chi connectivity index (χ0) is 13.2. The van der Waals surface area contributed by atoms with Crippen LogP contribution in [0.2, 0.25) is 5.02 Å². The number of nitriles is 1. The lowest BCUT2D eigenvalue weighted by atomic mass is 10.0. The molecule has 0 bridgehead atoms. The van der Waals surface area contributed by atoms with Crippen molar-refractivity contribution < 1.29 is 0 Å². The summed E-state index contributed by atoms with van der Waals surface area (Å²) in [6.07, 6.45) is 4.03. The van der Waals surface area contributed by atoms with Crippen LogP contribution in [0.1, 0.15) is 18.4 Å². The molecule has 1 aromatic heterocycles. The standard InChI is InChI=1S/C15H12ClN3/c16-11-3-1-10(2-4-11)13-7-8-18-15(14(13)9-17)19-12-5-6-12/h1-4,7-8,12H,5-6H2,(H,18,19). The SMILES string of the molecule is N#Cc1c(-c2ccc(Cl)cc2)ccnc1NC1CC1. The molecule has 0 unspecified atom stereocenters. The summed E-state index contributed by atoms with van der Waals surface area (Å²) in [6.45, 7) is 0. The maximum Gasteiger partial charge on any atom is 0.144 e. The lowest BCUT2D eigenvalue weighted by Gasteiger charge is -2.10. The average molecular weight is 270 g/mol. The van der Waals surface area contributed by atoms with Crippen LogP contribution in [0.15, 0.2) is 36.5 Å². The van der Waals surface area contributed by atoms with Crippen molar-refractivity contribution in [2.75, 3.05) is 5.32 Å². The molecule has 0 spiro atoms. The van der Waals surface area contributed by atoms with Gasteiger partial charge in [-0.25, -0.2) is 4.98 Å². The van der Waals surface area contributed by atoms with Crippen LogP contribution in [0.25, 0.3) is 11.1 Å². The first-order chi connectivity index (χ1) is 9.28. The van der Waals surface area contributed by atoms with Crippen molar-refractivity contribution in [2.24, 2.45) is 0 Å². The summed E-state index contributed by atoms with van der Waals surface area (Å²) in [5.74, 6) is 0.678. The van der Waals surface area contributed by atoms with Crippen molar-refractivity contribution in [3.63, 3.8) is 0 Å². The monoisotopic (exact) mass is 269 g/mol. The Morgan fingerprint density at radius 1 is 1.21 bits per heavy atom. The number of aromatic nitrogens is 1. The fraction of sp³-hybridized carbons (Fsp3) is 0.200. The van der Waals surface area contributed by atoms with Gasteiger partial charge >= 0.3 is 0 Å². The van der Waals surface area contributed by atoms with Crippen LogP contribution in [-0.4, -0.2) is 11.0 Å². The van der Waals surface area contributed by atoms with Crippen LogP contribution in [0, 0.1) is 11.3 Å². The second-order valence-corrected chi connectivity index (χ2v) is 5.06. The quantitative estimate of drug-likeness (QED) is 0.921. The van der Waals surface area contributed by atoms with E-state index in [1.807, 2.05) is 30.3 Å². The van der Waals surface area contributed by atoms with Crippen molar-refractivity contribution in [1.29, 1.82) is 5.26 Å². The minimum Gasteiger partial charge on any atom is -0.366 e. The van der Waals surface area contributed by atoms with E-state index in [1.54, 1.807) is 6.20 Å². The second kappa shape index (κ2) is 4.91. The number of halogens is 1. The van der Waals surface area contributed by atoms with E-state index >= 15 is 0 Å². The van der Waals surface area contributed by atoms with Gasteiger partial charge in [0.05, 0.1) is 0 Å². The molecule has 1 aromatic carbocycles. The molecule has 0 amide bonds. The lowest BCUT2D eigenvalue weighted by Crippen LogP contribution is -2.05. The van der Waals surface area contributed by atoms with Gasteiger partial charge in [-0.1, -0.05) is 23.7 Å². The number of pyridine rings is 1. The number of hydrogen-bond donors (Lipinski definition) is 1. The molecule has 94 valence electrons. The second-order valence-electron chi connectivity index (χ2n) is 4.62. The summed E-state index contributed by atoms with van der Waals surface area (Å²) in [6, 6.07) is 12.1. The minimum atomic E-state index is 0.472. The number of nitrogens with zero attached hydrogens (tertiary/aromatic N) is 2. The summed E-state index contributed by atoms with van der Waals surface area (Å²) in [5, 5.41) is 13.4. The maximum atomic E-state index is 9.39. The Kier molecular flexibility index (Phi) is 3.10. The highest BCUT2D eigenvalue weighted by atomic mass is 35.5. The molecule has 2 aromatic rings. The van der Waals surface area contributed by atoms with E-state index in [4.69, 9.17) is 11.6 Å². The fourth-order valence-corrected chi connectivity index (χ4v) is 2.10. The predicted molar refractivity (Wildman–Crippen MR) is 76.0 cm³/mol. The normalized spacial score (nSPS) is 13.9. The molecule has 4 heteroatoms. The third kappa shape index (κ3) is 2.54. The van der Waals surface area contributed by atoms with Crippen LogP contribution in [0.5, 0.6) is 0 Å². The Morgan fingerprint density at radius 2 is 1.95 bits per heavy atom. The number of anilines is 1. The van der Waals surface area contributed by atoms with Gasteiger partial charge in [-0.05, 0) is 36.6 Å². The lowest BCUT2D eigenvalue weighted by molar-refractivity contribution is 1.11. The Labute approximate surface area is 116 Å². The van der Waals surface area contributed by atoms with E-state index in [0.29, 0.717) is 22.4 Å². The van der Waals surface area contributed by atoms with Gasteiger partial charge in [-0.15, -0.1) is 0 Å². The van der Waals surface area contributed by atoms with Gasteiger partial charge < -0.3 is 5.32 Å². The zero-order valence-electron chi connectivity index (χ0n) is 10.2. The predicted octanol–water partition coefficient (Wildman–Crippen LogP) is 3.85. The first kappa shape index (κ1) is 12.0. The Balaban J connectivity index is 2.05. The van der Waals surface area contributed by atoms with Crippen molar-refractivity contribution >= 4 is 17.4 Å². The molecule has 1 aliphatic rings. The molecule has 0 atom stereocenters. The third-order valence-corrected chi connectivity index (χ3v) is 3.39. The molecule has 1 heterocycles. The molecule has 3 rings (SSSR count). The third-order valence-electron chi connectivity index (χ3n) is 3.14. The van der Waals surface area contributed by atoms with E-state index in [0.717, 1.165) is 24.0 Å². The van der Waals surface area contributed by atoms with Crippen molar-refractivity contribution in [3.8, 4) is 17.2 Å². The highest BCUT2D eigenvalue weighted by Gasteiger charge is 2.23. The minimum absolute atomic E-state index is 0.472. The van der Waals surface area contributed by atoms with Gasteiger partial charge in [0.2, 0.25) is 0 Å². The zero-order valence-corrected chi connectivity index (χ0v) is 11.0. The fourth-order valence-electron chi connectivity index (χ4n) is 1.98. The van der Waals surface area contributed by atoms with E-state index in [2.05, 4.69) is 16.4 Å². The molecule has 0 radical (unpaired) electrons. The maximum absolute atomic E-state index is 9.39. The van der Waals surface area contributed by atoms with Crippen LogP contribution in [0.4, 0.5) is 5.82 Å². The molecule has 3 nitrogen and oxygen atoms in total. The Bertz CT molecular complexity index is 639. The van der Waals surface area contributed by atoms with Crippen molar-refractivity contribution in [3.05, 3.63) is 47.1 Å². The molecule has 1 N–H and O–H groups in total. The van der Waals surface area contributed by atoms with E-state index in [9.17, 15) is 5.26 Å². The average Bonchev–Trinajstić information content (AvgIpc) is 3.23. The molecule has 0 aliphatic heterocycles. The number of nitrogens with one attached hydrogen (secondary N) is 1. The molecule has 1 saturated carbocycles. The molecule has 1 aliphatic carbocycles. The van der Waals surface area contributed by atoms with Crippen molar-refractivity contribution in [1.82, 2.24) is 4.98 Å². The molecule has 0 saturated heterocycles. The van der Waals surface area contributed by atoms with Gasteiger partial charge in [0.15, 0.2) is 0 Å². The summed E-state index contributed by atoms with van der Waals surface area (Å²) in [7, 11) is 0. The van der Waals surface area contributed by atoms with Gasteiger partial charge in [0, 0.05) is 22.8 Å². The molecular weight excluding hydrogens is 258 g/mol. The van der Waals surface area contributed by atoms with Gasteiger partial charge in [-0.3, -0.25) is 0 Å². The first-order valence-electron chi connectivity index (χ1n) is 6.19. The van der Waals surface area contributed by atoms with E-state index < -0.39 is 0 Å². The highest BCUT2D eigenvalue weighted by Crippen LogP contribution is 2.31. The largest absolute Gasteiger partial charge is 0.366 e. The van der Waals surface area contributed by atoms with Crippen LogP contribution >= 0.6 is 11.6 Å². The summed E-state index contributed by atoms with van der Waals surface area (Å²) >= 11 is 5.89. The summed E-state index contributed by atoms with van der Waals surface area (Å²) in [5.41, 5.74) is 2.45. The molecule has 1 fully saturated rings. The van der Waals surface area contributed by atoms with Gasteiger partial charge in [0.1, 0.15) is 17.5 Å². The number of rotatable bonds is 3. The smallest absolute Gasteiger partial charge is 0.144 e. The van der Waals surface area contributed by atoms with E-state index in [-0.39, 0.29) is 0 Å². The molecule has 19 heavy (non-hydrogen) atoms. The Morgan fingerprint density at radius 3 is 2.58 bits per heavy atom. The summed E-state index contributed by atoms with van der Waals surface area (Å²) < 4.78 is 0. The van der Waals surface area contributed by atoms with Gasteiger partial charge in [0.25, 0.3) is 0 Å². The summed E-state index contributed by atoms with van der Waals surface area (Å²) in [4.78, 5) is 4.27. The van der Waals surface area contributed by atoms with Crippen molar-refractivity contribution in [2.45, 2.75) is 18.9 Å². The number of hydrogen-bond acceptors (Lipinski definition) is 3. The molecular formula is C15H12ClN3. The Hall–Kier alpha value is -2.05. The highest BCUT2D eigenvalue weighted by molar-refractivity contribution is 6.30.